The van der Waals surface area contributed by atoms with Crippen molar-refractivity contribution in [2.24, 2.45) is 10.3 Å². The Balaban J connectivity index is 0.00000400. The fourth-order valence-corrected chi connectivity index (χ4v) is 1.39. The number of amides is 1. The van der Waals surface area contributed by atoms with E-state index in [2.05, 4.69) is 15.7 Å². The van der Waals surface area contributed by atoms with Crippen LogP contribution in [0.4, 0.5) is 11.4 Å². The summed E-state index contributed by atoms with van der Waals surface area (Å²) >= 11 is 0. The van der Waals surface area contributed by atoms with Gasteiger partial charge in [0, 0.05) is 19.7 Å². The summed E-state index contributed by atoms with van der Waals surface area (Å²) < 4.78 is 5.11. The Morgan fingerprint density at radius 2 is 2.10 bits per heavy atom. The average Bonchev–Trinajstić information content (AvgIpc) is 2.35. The molecule has 0 aromatic heterocycles. The normalized spacial score (nSPS) is 9.86. The Morgan fingerprint density at radius 3 is 2.62 bits per heavy atom. The molecule has 108 valence electrons. The van der Waals surface area contributed by atoms with Crippen LogP contribution in [0.3, 0.4) is 0 Å². The van der Waals surface area contributed by atoms with Crippen LogP contribution in [-0.4, -0.2) is 37.6 Å². The first-order valence-electron chi connectivity index (χ1n) is 5.70. The zero-order valence-corrected chi connectivity index (χ0v) is 14.4. The molecule has 0 atom stereocenters. The SMILES string of the molecule is COc1ccc(NC(C)=O)cc1N=NN(C)CC(=O)[O-].[Na+]. The molecule has 0 heterocycles. The van der Waals surface area contributed by atoms with Crippen LogP contribution in [0.1, 0.15) is 6.92 Å². The van der Waals surface area contributed by atoms with Crippen molar-refractivity contribution in [1.29, 1.82) is 0 Å². The van der Waals surface area contributed by atoms with Crippen LogP contribution in [0.2, 0.25) is 0 Å². The van der Waals surface area contributed by atoms with Gasteiger partial charge in [-0.2, -0.15) is 0 Å². The summed E-state index contributed by atoms with van der Waals surface area (Å²) in [7, 11) is 2.92. The number of carbonyl (C=O) groups is 2. The van der Waals surface area contributed by atoms with Gasteiger partial charge in [0.25, 0.3) is 0 Å². The third-order valence-corrected chi connectivity index (χ3v) is 2.16. The summed E-state index contributed by atoms with van der Waals surface area (Å²) in [4.78, 5) is 21.4. The van der Waals surface area contributed by atoms with E-state index < -0.39 is 5.97 Å². The number of aliphatic carboxylic acids is 1. The maximum atomic E-state index is 11.0. The third-order valence-electron chi connectivity index (χ3n) is 2.16. The molecule has 1 rings (SSSR count). The number of nitrogens with one attached hydrogen (secondary N) is 1. The van der Waals surface area contributed by atoms with E-state index in [1.807, 2.05) is 0 Å². The van der Waals surface area contributed by atoms with Gasteiger partial charge < -0.3 is 20.0 Å². The molecular weight excluding hydrogens is 287 g/mol. The van der Waals surface area contributed by atoms with Gasteiger partial charge in [0.2, 0.25) is 5.91 Å². The number of nitrogens with zero attached hydrogens (tertiary/aromatic N) is 3. The number of hydrogen-bond acceptors (Lipinski definition) is 6. The van der Waals surface area contributed by atoms with Gasteiger partial charge in [-0.15, -0.1) is 5.11 Å². The van der Waals surface area contributed by atoms with Crippen molar-refractivity contribution in [2.75, 3.05) is 26.0 Å². The summed E-state index contributed by atoms with van der Waals surface area (Å²) in [6.45, 7) is 1.01. The van der Waals surface area contributed by atoms with Gasteiger partial charge in [0.1, 0.15) is 11.4 Å². The quantitative estimate of drug-likeness (QED) is 0.351. The molecule has 0 aliphatic carbocycles. The first-order chi connectivity index (χ1) is 9.42. The number of anilines is 1. The first kappa shape index (κ1) is 19.4. The second-order valence-corrected chi connectivity index (χ2v) is 3.95. The molecule has 0 aliphatic rings. The van der Waals surface area contributed by atoms with Crippen LogP contribution in [0.25, 0.3) is 0 Å². The number of methoxy groups -OCH3 is 1. The molecule has 1 aromatic carbocycles. The molecular formula is C12H15N4NaO4. The molecule has 0 unspecified atom stereocenters. The topological polar surface area (TPSA) is 106 Å². The fraction of sp³-hybridized carbons (Fsp3) is 0.333. The zero-order valence-electron chi connectivity index (χ0n) is 12.4. The largest absolute Gasteiger partial charge is 1.00 e. The summed E-state index contributed by atoms with van der Waals surface area (Å²) in [6, 6.07) is 4.85. The van der Waals surface area contributed by atoms with Crippen molar-refractivity contribution in [1.82, 2.24) is 5.01 Å². The number of hydrogen-bond donors (Lipinski definition) is 1. The molecule has 0 bridgehead atoms. The number of likely N-dealkylation sites (N-methyl/N-ethyl adjacent to an activating group) is 1. The van der Waals surface area contributed by atoms with Crippen LogP contribution >= 0.6 is 0 Å². The third kappa shape index (κ3) is 7.07. The van der Waals surface area contributed by atoms with Crippen LogP contribution in [0.15, 0.2) is 28.5 Å². The number of carboxylic acids is 1. The van der Waals surface area contributed by atoms with Crippen LogP contribution < -0.4 is 44.7 Å². The number of ether oxygens (including phenoxy) is 1. The number of carbonyl (C=O) groups excluding carboxylic acids is 2. The molecule has 21 heavy (non-hydrogen) atoms. The molecule has 0 spiro atoms. The Labute approximate surface area is 144 Å². The standard InChI is InChI=1S/C12H16N4O4.Na/c1-8(17)13-9-4-5-11(20-3)10(6-9)14-15-16(2)7-12(18)19;/h4-6H,7H2,1-3H3,(H,13,17)(H,18,19);/q;+1/p-1. The van der Waals surface area contributed by atoms with Crippen LogP contribution in [0.5, 0.6) is 5.75 Å². The summed E-state index contributed by atoms with van der Waals surface area (Å²) in [5.41, 5.74) is 0.902. The first-order valence-corrected chi connectivity index (χ1v) is 5.70. The van der Waals surface area contributed by atoms with E-state index in [1.165, 1.54) is 21.1 Å². The number of carboxylic acid groups (broad SMARTS) is 1. The van der Waals surface area contributed by atoms with Crippen LogP contribution in [0, 0.1) is 0 Å². The van der Waals surface area contributed by atoms with Gasteiger partial charge >= 0.3 is 29.6 Å². The van der Waals surface area contributed by atoms with E-state index in [0.29, 0.717) is 17.1 Å². The second-order valence-electron chi connectivity index (χ2n) is 3.95. The van der Waals surface area contributed by atoms with Gasteiger partial charge in [-0.1, -0.05) is 5.22 Å². The molecule has 0 saturated carbocycles. The van der Waals surface area contributed by atoms with E-state index in [9.17, 15) is 14.7 Å². The van der Waals surface area contributed by atoms with E-state index in [4.69, 9.17) is 4.74 Å². The molecule has 1 N–H and O–H groups in total. The van der Waals surface area contributed by atoms with Crippen LogP contribution in [-0.2, 0) is 9.59 Å². The Kier molecular flexibility index (Phi) is 8.60. The fourth-order valence-electron chi connectivity index (χ4n) is 1.39. The number of benzene rings is 1. The minimum atomic E-state index is -1.26. The number of rotatable bonds is 6. The predicted octanol–water partition coefficient (Wildman–Crippen LogP) is -2.66. The molecule has 0 radical (unpaired) electrons. The van der Waals surface area contributed by atoms with E-state index in [1.54, 1.807) is 18.2 Å². The smallest absolute Gasteiger partial charge is 0.548 e. The predicted molar refractivity (Wildman–Crippen MR) is 69.5 cm³/mol. The Bertz CT molecular complexity index is 536. The molecule has 0 aliphatic heterocycles. The van der Waals surface area contributed by atoms with Crippen molar-refractivity contribution < 1.29 is 49.0 Å². The van der Waals surface area contributed by atoms with Crippen molar-refractivity contribution in [3.05, 3.63) is 18.2 Å². The van der Waals surface area contributed by atoms with Gasteiger partial charge in [-0.3, -0.25) is 9.80 Å². The zero-order chi connectivity index (χ0) is 15.1. The maximum absolute atomic E-state index is 11.0. The minimum absolute atomic E-state index is 0. The summed E-state index contributed by atoms with van der Waals surface area (Å²) in [5.74, 6) is -1.03. The molecule has 0 saturated heterocycles. The van der Waals surface area contributed by atoms with Gasteiger partial charge in [-0.25, -0.2) is 0 Å². The van der Waals surface area contributed by atoms with Gasteiger partial charge in [-0.05, 0) is 18.2 Å². The molecule has 1 aromatic rings. The summed E-state index contributed by atoms with van der Waals surface area (Å²) in [6.07, 6.45) is 0. The van der Waals surface area contributed by atoms with Crippen molar-refractivity contribution >= 4 is 23.3 Å². The Hall–Kier alpha value is -1.64. The van der Waals surface area contributed by atoms with Gasteiger partial charge in [0.15, 0.2) is 0 Å². The molecule has 0 fully saturated rings. The monoisotopic (exact) mass is 302 g/mol. The maximum Gasteiger partial charge on any atom is 1.00 e. The van der Waals surface area contributed by atoms with Gasteiger partial charge in [0.05, 0.1) is 19.6 Å². The van der Waals surface area contributed by atoms with Crippen molar-refractivity contribution in [2.45, 2.75) is 6.92 Å². The molecule has 8 nitrogen and oxygen atoms in total. The second kappa shape index (κ2) is 9.32. The minimum Gasteiger partial charge on any atom is -0.548 e. The molecule has 9 heteroatoms. The van der Waals surface area contributed by atoms with Crippen molar-refractivity contribution in [3.63, 3.8) is 0 Å². The van der Waals surface area contributed by atoms with E-state index >= 15 is 0 Å². The molecule has 1 amide bonds. The van der Waals surface area contributed by atoms with E-state index in [0.717, 1.165) is 5.01 Å². The Morgan fingerprint density at radius 1 is 1.43 bits per heavy atom. The van der Waals surface area contributed by atoms with E-state index in [-0.39, 0.29) is 42.0 Å². The van der Waals surface area contributed by atoms with Crippen molar-refractivity contribution in [3.8, 4) is 5.75 Å². The summed E-state index contributed by atoms with van der Waals surface area (Å²) in [5, 5.41) is 21.7. The average molecular weight is 302 g/mol.